The summed E-state index contributed by atoms with van der Waals surface area (Å²) in [6.07, 6.45) is 4.83. The summed E-state index contributed by atoms with van der Waals surface area (Å²) in [4.78, 5) is 25.0. The Morgan fingerprint density at radius 3 is 2.63 bits per heavy atom. The van der Waals surface area contributed by atoms with E-state index in [-0.39, 0.29) is 24.3 Å². The average Bonchev–Trinajstić information content (AvgIpc) is 2.76. The number of amides is 2. The van der Waals surface area contributed by atoms with Crippen molar-refractivity contribution in [3.05, 3.63) is 0 Å². The summed E-state index contributed by atoms with van der Waals surface area (Å²) in [6.45, 7) is 1.38. The maximum Gasteiger partial charge on any atom is 0.225 e. The monoisotopic (exact) mass is 268 g/mol. The quantitative estimate of drug-likeness (QED) is 0.774. The molecule has 1 saturated carbocycles. The Morgan fingerprint density at radius 2 is 2.05 bits per heavy atom. The van der Waals surface area contributed by atoms with E-state index in [4.69, 9.17) is 0 Å². The van der Waals surface area contributed by atoms with E-state index >= 15 is 0 Å². The van der Waals surface area contributed by atoms with Crippen molar-refractivity contribution in [2.45, 2.75) is 32.1 Å². The zero-order valence-corrected chi connectivity index (χ0v) is 11.6. The van der Waals surface area contributed by atoms with E-state index < -0.39 is 0 Å². The smallest absolute Gasteiger partial charge is 0.225 e. The van der Waals surface area contributed by atoms with Crippen LogP contribution in [0.4, 0.5) is 0 Å². The van der Waals surface area contributed by atoms with Gasteiger partial charge in [0.15, 0.2) is 0 Å². The van der Waals surface area contributed by atoms with Crippen LogP contribution in [0.25, 0.3) is 0 Å². The van der Waals surface area contributed by atoms with Crippen molar-refractivity contribution in [3.63, 3.8) is 0 Å². The summed E-state index contributed by atoms with van der Waals surface area (Å²) in [5.41, 5.74) is 0. The topological polar surface area (TPSA) is 69.6 Å². The van der Waals surface area contributed by atoms with Crippen molar-refractivity contribution in [3.8, 4) is 0 Å². The lowest BCUT2D eigenvalue weighted by Crippen LogP contribution is -2.39. The Kier molecular flexibility index (Phi) is 4.80. The molecule has 108 valence electrons. The van der Waals surface area contributed by atoms with E-state index in [2.05, 4.69) is 5.32 Å². The Bertz CT molecular complexity index is 346. The summed E-state index contributed by atoms with van der Waals surface area (Å²) in [7, 11) is 1.73. The van der Waals surface area contributed by atoms with Crippen LogP contribution in [0.2, 0.25) is 0 Å². The van der Waals surface area contributed by atoms with Gasteiger partial charge in [-0.3, -0.25) is 9.59 Å². The summed E-state index contributed by atoms with van der Waals surface area (Å²) in [5.74, 6) is 0.541. The molecule has 19 heavy (non-hydrogen) atoms. The van der Waals surface area contributed by atoms with Gasteiger partial charge in [0.05, 0.1) is 5.92 Å². The molecule has 5 heteroatoms. The van der Waals surface area contributed by atoms with Crippen molar-refractivity contribution in [2.24, 2.45) is 17.8 Å². The highest BCUT2D eigenvalue weighted by molar-refractivity contribution is 5.89. The molecule has 2 amide bonds. The molecular formula is C14H24N2O3. The predicted octanol–water partition coefficient (Wildman–Crippen LogP) is 0.380. The number of rotatable bonds is 4. The third kappa shape index (κ3) is 3.47. The van der Waals surface area contributed by atoms with Gasteiger partial charge >= 0.3 is 0 Å². The first kappa shape index (κ1) is 14.3. The first-order valence-corrected chi connectivity index (χ1v) is 7.24. The van der Waals surface area contributed by atoms with Gasteiger partial charge in [0.1, 0.15) is 0 Å². The molecule has 0 aromatic heterocycles. The van der Waals surface area contributed by atoms with E-state index in [0.717, 1.165) is 12.8 Å². The van der Waals surface area contributed by atoms with Gasteiger partial charge in [-0.05, 0) is 24.7 Å². The number of nitrogens with one attached hydrogen (secondary N) is 1. The van der Waals surface area contributed by atoms with Gasteiger partial charge in [-0.15, -0.1) is 0 Å². The fraction of sp³-hybridized carbons (Fsp3) is 0.857. The Balaban J connectivity index is 1.78. The van der Waals surface area contributed by atoms with Gasteiger partial charge in [0.2, 0.25) is 11.8 Å². The molecule has 1 aliphatic heterocycles. The lowest BCUT2D eigenvalue weighted by atomic mass is 9.79. The van der Waals surface area contributed by atoms with E-state index in [1.165, 1.54) is 12.8 Å². The number of carbonyl (C=O) groups excluding carboxylic acids is 2. The van der Waals surface area contributed by atoms with Crippen molar-refractivity contribution in [1.82, 2.24) is 10.2 Å². The highest BCUT2D eigenvalue weighted by atomic mass is 16.3. The Morgan fingerprint density at radius 1 is 1.37 bits per heavy atom. The van der Waals surface area contributed by atoms with Crippen LogP contribution in [0.15, 0.2) is 0 Å². The number of likely N-dealkylation sites (tertiary alicyclic amines) is 1. The summed E-state index contributed by atoms with van der Waals surface area (Å²) >= 11 is 0. The van der Waals surface area contributed by atoms with Gasteiger partial charge < -0.3 is 15.3 Å². The van der Waals surface area contributed by atoms with E-state index in [1.807, 2.05) is 0 Å². The standard InChI is InChI=1S/C14H24N2O3/c1-16-8-12(6-13(16)18)14(19)15-7-10-4-2-3-5-11(10)9-17/h10-12,17H,2-9H2,1H3,(H,15,19). The molecule has 1 aliphatic carbocycles. The SMILES string of the molecule is CN1CC(C(=O)NCC2CCCCC2CO)CC1=O. The molecule has 2 aliphatic rings. The molecular weight excluding hydrogens is 244 g/mol. The molecule has 1 heterocycles. The van der Waals surface area contributed by atoms with E-state index in [9.17, 15) is 14.7 Å². The van der Waals surface area contributed by atoms with Gasteiger partial charge in [-0.25, -0.2) is 0 Å². The molecule has 3 unspecified atom stereocenters. The highest BCUT2D eigenvalue weighted by Gasteiger charge is 2.33. The van der Waals surface area contributed by atoms with Crippen LogP contribution in [-0.2, 0) is 9.59 Å². The van der Waals surface area contributed by atoms with Crippen molar-refractivity contribution in [2.75, 3.05) is 26.7 Å². The van der Waals surface area contributed by atoms with E-state index in [1.54, 1.807) is 11.9 Å². The van der Waals surface area contributed by atoms with E-state index in [0.29, 0.717) is 31.3 Å². The number of carbonyl (C=O) groups is 2. The number of hydrogen-bond acceptors (Lipinski definition) is 3. The minimum absolute atomic E-state index is 0.0139. The first-order chi connectivity index (χ1) is 9.11. The second kappa shape index (κ2) is 6.37. The number of nitrogens with zero attached hydrogens (tertiary/aromatic N) is 1. The molecule has 2 rings (SSSR count). The Labute approximate surface area is 114 Å². The van der Waals surface area contributed by atoms with Crippen LogP contribution in [0.5, 0.6) is 0 Å². The largest absolute Gasteiger partial charge is 0.396 e. The predicted molar refractivity (Wildman–Crippen MR) is 71.3 cm³/mol. The molecule has 0 spiro atoms. The fourth-order valence-corrected chi connectivity index (χ4v) is 3.21. The summed E-state index contributed by atoms with van der Waals surface area (Å²) in [6, 6.07) is 0. The molecule has 0 aromatic rings. The summed E-state index contributed by atoms with van der Waals surface area (Å²) in [5, 5.41) is 12.3. The van der Waals surface area contributed by atoms with Crippen LogP contribution in [0.3, 0.4) is 0 Å². The third-order valence-electron chi connectivity index (χ3n) is 4.55. The second-order valence-electron chi connectivity index (χ2n) is 5.91. The molecule has 2 N–H and O–H groups in total. The minimum atomic E-state index is -0.200. The summed E-state index contributed by atoms with van der Waals surface area (Å²) < 4.78 is 0. The molecule has 1 saturated heterocycles. The van der Waals surface area contributed by atoms with Gasteiger partial charge in [-0.2, -0.15) is 0 Å². The zero-order chi connectivity index (χ0) is 13.8. The van der Waals surface area contributed by atoms with Gasteiger partial charge in [0, 0.05) is 33.2 Å². The lowest BCUT2D eigenvalue weighted by molar-refractivity contribution is -0.128. The lowest BCUT2D eigenvalue weighted by Gasteiger charge is -2.30. The Hall–Kier alpha value is -1.10. The van der Waals surface area contributed by atoms with Crippen LogP contribution in [0, 0.1) is 17.8 Å². The normalized spacial score (nSPS) is 31.6. The molecule has 3 atom stereocenters. The third-order valence-corrected chi connectivity index (χ3v) is 4.55. The van der Waals surface area contributed by atoms with Crippen LogP contribution >= 0.6 is 0 Å². The number of aliphatic hydroxyl groups excluding tert-OH is 1. The van der Waals surface area contributed by atoms with Crippen LogP contribution in [0.1, 0.15) is 32.1 Å². The number of aliphatic hydroxyl groups is 1. The van der Waals surface area contributed by atoms with Crippen molar-refractivity contribution < 1.29 is 14.7 Å². The number of hydrogen-bond donors (Lipinski definition) is 2. The van der Waals surface area contributed by atoms with Crippen molar-refractivity contribution in [1.29, 1.82) is 0 Å². The molecule has 0 bridgehead atoms. The molecule has 0 radical (unpaired) electrons. The first-order valence-electron chi connectivity index (χ1n) is 7.24. The van der Waals surface area contributed by atoms with Crippen LogP contribution < -0.4 is 5.32 Å². The van der Waals surface area contributed by atoms with Crippen molar-refractivity contribution >= 4 is 11.8 Å². The maximum atomic E-state index is 12.0. The fourth-order valence-electron chi connectivity index (χ4n) is 3.21. The van der Waals surface area contributed by atoms with Gasteiger partial charge in [-0.1, -0.05) is 12.8 Å². The van der Waals surface area contributed by atoms with Crippen LogP contribution in [-0.4, -0.2) is 48.6 Å². The van der Waals surface area contributed by atoms with Gasteiger partial charge in [0.25, 0.3) is 0 Å². The molecule has 0 aromatic carbocycles. The minimum Gasteiger partial charge on any atom is -0.396 e. The maximum absolute atomic E-state index is 12.0. The highest BCUT2D eigenvalue weighted by Crippen LogP contribution is 2.29. The zero-order valence-electron chi connectivity index (χ0n) is 11.6. The molecule has 5 nitrogen and oxygen atoms in total. The molecule has 2 fully saturated rings. The average molecular weight is 268 g/mol. The second-order valence-corrected chi connectivity index (χ2v) is 5.91.